The van der Waals surface area contributed by atoms with E-state index in [1.807, 2.05) is 56.3 Å². The first-order chi connectivity index (χ1) is 18.4. The number of hydrogen-bond donors (Lipinski definition) is 2. The molecule has 194 valence electrons. The number of carbonyl (C=O) groups excluding carboxylic acids is 2. The number of aryl methyl sites for hydroxylation is 2. The summed E-state index contributed by atoms with van der Waals surface area (Å²) >= 11 is 0. The van der Waals surface area contributed by atoms with E-state index in [0.717, 1.165) is 40.3 Å². The maximum absolute atomic E-state index is 13.8. The molecule has 2 heterocycles. The van der Waals surface area contributed by atoms with Crippen molar-refractivity contribution in [3.63, 3.8) is 0 Å². The van der Waals surface area contributed by atoms with E-state index in [9.17, 15) is 9.59 Å². The van der Waals surface area contributed by atoms with Crippen molar-refractivity contribution in [3.05, 3.63) is 112 Å². The second-order valence-electron chi connectivity index (χ2n) is 10.1. The Balaban J connectivity index is 1.53. The van der Waals surface area contributed by atoms with Gasteiger partial charge < -0.3 is 15.4 Å². The lowest BCUT2D eigenvalue weighted by Gasteiger charge is -2.37. The molecule has 6 nitrogen and oxygen atoms in total. The summed E-state index contributed by atoms with van der Waals surface area (Å²) < 4.78 is 5.30. The molecule has 6 heteroatoms. The van der Waals surface area contributed by atoms with Crippen LogP contribution in [0.25, 0.3) is 0 Å². The van der Waals surface area contributed by atoms with Crippen molar-refractivity contribution in [2.75, 3.05) is 12.4 Å². The molecule has 2 aromatic carbocycles. The Morgan fingerprint density at radius 1 is 1.00 bits per heavy atom. The zero-order chi connectivity index (χ0) is 26.8. The Kier molecular flexibility index (Phi) is 7.14. The lowest BCUT2D eigenvalue weighted by molar-refractivity contribution is -0.116. The van der Waals surface area contributed by atoms with E-state index >= 15 is 0 Å². The van der Waals surface area contributed by atoms with Crippen LogP contribution in [0.2, 0.25) is 0 Å². The van der Waals surface area contributed by atoms with Gasteiger partial charge in [-0.3, -0.25) is 9.59 Å². The summed E-state index contributed by atoms with van der Waals surface area (Å²) in [6.07, 6.45) is 3.73. The van der Waals surface area contributed by atoms with Crippen LogP contribution in [0.3, 0.4) is 0 Å². The lowest BCUT2D eigenvalue weighted by atomic mass is 9.71. The number of aromatic nitrogens is 1. The molecule has 0 saturated carbocycles. The highest BCUT2D eigenvalue weighted by atomic mass is 16.5. The molecule has 0 bridgehead atoms. The average Bonchev–Trinajstić information content (AvgIpc) is 2.93. The Morgan fingerprint density at radius 3 is 2.34 bits per heavy atom. The highest BCUT2D eigenvalue weighted by Crippen LogP contribution is 2.45. The molecule has 1 aromatic heterocycles. The second kappa shape index (κ2) is 10.7. The summed E-state index contributed by atoms with van der Waals surface area (Å²) in [5.74, 6) is 0.688. The van der Waals surface area contributed by atoms with Gasteiger partial charge in [-0.15, -0.1) is 0 Å². The first kappa shape index (κ1) is 25.5. The number of dihydropyridines is 1. The summed E-state index contributed by atoms with van der Waals surface area (Å²) in [6.45, 7) is 5.98. The summed E-state index contributed by atoms with van der Waals surface area (Å²) in [5, 5.41) is 6.41. The zero-order valence-corrected chi connectivity index (χ0v) is 22.3. The fourth-order valence-electron chi connectivity index (χ4n) is 5.46. The number of carbonyl (C=O) groups is 2. The third-order valence-corrected chi connectivity index (χ3v) is 7.53. The Hall–Kier alpha value is -4.19. The van der Waals surface area contributed by atoms with Gasteiger partial charge in [-0.2, -0.15) is 0 Å². The summed E-state index contributed by atoms with van der Waals surface area (Å²) in [6, 6.07) is 19.9. The molecule has 0 fully saturated rings. The normalized spacial score (nSPS) is 19.1. The molecule has 0 radical (unpaired) electrons. The summed E-state index contributed by atoms with van der Waals surface area (Å²) in [4.78, 5) is 31.9. The third-order valence-electron chi connectivity index (χ3n) is 7.53. The van der Waals surface area contributed by atoms with E-state index < -0.39 is 5.92 Å². The third kappa shape index (κ3) is 4.99. The molecule has 0 saturated heterocycles. The quantitative estimate of drug-likeness (QED) is 0.430. The number of anilines is 1. The predicted molar refractivity (Wildman–Crippen MR) is 149 cm³/mol. The molecule has 38 heavy (non-hydrogen) atoms. The van der Waals surface area contributed by atoms with E-state index in [-0.39, 0.29) is 17.6 Å². The SMILES string of the molecule is CCc1ccc(C2C(C(=O)Nc3ccc(C)cn3)=C(C)NC3=C2C(=O)CC(c2ccc(OC)cc2)C3)cc1. The van der Waals surface area contributed by atoms with Gasteiger partial charge in [0.15, 0.2) is 5.78 Å². The van der Waals surface area contributed by atoms with Crippen LogP contribution in [0.4, 0.5) is 5.82 Å². The van der Waals surface area contributed by atoms with Crippen LogP contribution in [0.5, 0.6) is 5.75 Å². The number of ether oxygens (including phenoxy) is 1. The van der Waals surface area contributed by atoms with Crippen molar-refractivity contribution < 1.29 is 14.3 Å². The lowest BCUT2D eigenvalue weighted by Crippen LogP contribution is -2.37. The highest BCUT2D eigenvalue weighted by Gasteiger charge is 2.41. The van der Waals surface area contributed by atoms with Gasteiger partial charge in [-0.05, 0) is 73.1 Å². The number of rotatable bonds is 6. The van der Waals surface area contributed by atoms with E-state index in [4.69, 9.17) is 4.74 Å². The molecule has 1 aliphatic carbocycles. The van der Waals surface area contributed by atoms with Crippen molar-refractivity contribution in [3.8, 4) is 5.75 Å². The fourth-order valence-corrected chi connectivity index (χ4v) is 5.46. The van der Waals surface area contributed by atoms with E-state index in [1.165, 1.54) is 5.56 Å². The van der Waals surface area contributed by atoms with Gasteiger partial charge in [0.1, 0.15) is 11.6 Å². The first-order valence-electron chi connectivity index (χ1n) is 13.1. The zero-order valence-electron chi connectivity index (χ0n) is 22.3. The Morgan fingerprint density at radius 2 is 1.71 bits per heavy atom. The van der Waals surface area contributed by atoms with Crippen LogP contribution in [0.1, 0.15) is 60.8 Å². The van der Waals surface area contributed by atoms with Crippen molar-refractivity contribution in [1.29, 1.82) is 0 Å². The van der Waals surface area contributed by atoms with E-state index in [2.05, 4.69) is 34.7 Å². The van der Waals surface area contributed by atoms with E-state index in [0.29, 0.717) is 29.8 Å². The molecule has 0 spiro atoms. The largest absolute Gasteiger partial charge is 0.497 e. The minimum Gasteiger partial charge on any atom is -0.497 e. The van der Waals surface area contributed by atoms with Gasteiger partial charge in [0, 0.05) is 41.1 Å². The topological polar surface area (TPSA) is 80.3 Å². The highest BCUT2D eigenvalue weighted by molar-refractivity contribution is 6.09. The predicted octanol–water partition coefficient (Wildman–Crippen LogP) is 5.96. The molecule has 5 rings (SSSR count). The standard InChI is InChI=1S/C32H33N3O3/c1-5-21-7-9-23(10-8-21)30-29(32(37)35-28-15-6-19(2)18-33-28)20(3)34-26-16-24(17-27(36)31(26)30)22-11-13-25(38-4)14-12-22/h6-15,18,24,30,34H,5,16-17H2,1-4H3,(H,33,35,37). The van der Waals surface area contributed by atoms with Crippen molar-refractivity contribution in [2.45, 2.75) is 51.9 Å². The molecular weight excluding hydrogens is 474 g/mol. The van der Waals surface area contributed by atoms with Crippen LogP contribution in [0.15, 0.2) is 89.4 Å². The average molecular weight is 508 g/mol. The molecule has 1 aliphatic heterocycles. The molecule has 3 aromatic rings. The Bertz CT molecular complexity index is 1420. The molecule has 1 amide bonds. The minimum absolute atomic E-state index is 0.0581. The maximum atomic E-state index is 13.8. The smallest absolute Gasteiger partial charge is 0.255 e. The van der Waals surface area contributed by atoms with Gasteiger partial charge in [-0.1, -0.05) is 49.4 Å². The second-order valence-corrected chi connectivity index (χ2v) is 10.1. The number of amides is 1. The molecule has 2 N–H and O–H groups in total. The van der Waals surface area contributed by atoms with Crippen molar-refractivity contribution in [1.82, 2.24) is 10.3 Å². The van der Waals surface area contributed by atoms with Gasteiger partial charge in [0.05, 0.1) is 7.11 Å². The number of allylic oxidation sites excluding steroid dienone is 3. The molecular formula is C32H33N3O3. The van der Waals surface area contributed by atoms with Gasteiger partial charge in [0.2, 0.25) is 0 Å². The van der Waals surface area contributed by atoms with E-state index in [1.54, 1.807) is 19.4 Å². The molecule has 2 unspecified atom stereocenters. The Labute approximate surface area is 223 Å². The molecule has 2 aliphatic rings. The van der Waals surface area contributed by atoms with Gasteiger partial charge in [0.25, 0.3) is 5.91 Å². The number of nitrogens with one attached hydrogen (secondary N) is 2. The number of hydrogen-bond acceptors (Lipinski definition) is 5. The number of benzene rings is 2. The first-order valence-corrected chi connectivity index (χ1v) is 13.1. The van der Waals surface area contributed by atoms with Crippen LogP contribution in [0, 0.1) is 6.92 Å². The number of ketones is 1. The maximum Gasteiger partial charge on any atom is 0.255 e. The van der Waals surface area contributed by atoms with Crippen LogP contribution < -0.4 is 15.4 Å². The summed E-state index contributed by atoms with van der Waals surface area (Å²) in [5.41, 5.74) is 7.15. The van der Waals surface area contributed by atoms with Crippen molar-refractivity contribution in [2.24, 2.45) is 0 Å². The monoisotopic (exact) mass is 507 g/mol. The fraction of sp³-hybridized carbons (Fsp3) is 0.281. The van der Waals surface area contributed by atoms with Crippen LogP contribution >= 0.6 is 0 Å². The summed E-state index contributed by atoms with van der Waals surface area (Å²) in [7, 11) is 1.65. The van der Waals surface area contributed by atoms with Crippen LogP contribution in [-0.2, 0) is 16.0 Å². The van der Waals surface area contributed by atoms with Crippen molar-refractivity contribution >= 4 is 17.5 Å². The number of methoxy groups -OCH3 is 1. The van der Waals surface area contributed by atoms with Gasteiger partial charge in [-0.25, -0.2) is 4.98 Å². The number of nitrogens with zero attached hydrogens (tertiary/aromatic N) is 1. The number of pyridine rings is 1. The van der Waals surface area contributed by atoms with Crippen LogP contribution in [-0.4, -0.2) is 23.8 Å². The number of Topliss-reactive ketones (excluding diaryl/α,β-unsaturated/α-hetero) is 1. The molecule has 2 atom stereocenters. The minimum atomic E-state index is -0.452. The van der Waals surface area contributed by atoms with Gasteiger partial charge >= 0.3 is 0 Å².